The predicted octanol–water partition coefficient (Wildman–Crippen LogP) is 10.2. The Morgan fingerprint density at radius 1 is 0.438 bits per heavy atom. The highest BCUT2D eigenvalue weighted by atomic mass is 32.2. The number of unbranched alkanes of at least 4 members (excludes halogenated alkanes) is 1. The van der Waals surface area contributed by atoms with Crippen LogP contribution >= 0.6 is 0 Å². The summed E-state index contributed by atoms with van der Waals surface area (Å²) in [7, 11) is -27.1. The van der Waals surface area contributed by atoms with Gasteiger partial charge in [0.25, 0.3) is 5.79 Å². The van der Waals surface area contributed by atoms with Crippen LogP contribution in [0.15, 0.2) is 134 Å². The number of rotatable bonds is 63. The van der Waals surface area contributed by atoms with E-state index in [9.17, 15) is 45.6 Å². The van der Waals surface area contributed by atoms with Gasteiger partial charge in [-0.3, -0.25) is 14.4 Å². The lowest BCUT2D eigenvalue weighted by Crippen LogP contribution is -2.54. The maximum absolute atomic E-state index is 12.6. The van der Waals surface area contributed by atoms with Crippen LogP contribution in [0.3, 0.4) is 0 Å². The van der Waals surface area contributed by atoms with Crippen LogP contribution in [-0.4, -0.2) is 270 Å². The number of cyclic esters (lactones) is 2. The molecule has 2 aromatic carbocycles. The summed E-state index contributed by atoms with van der Waals surface area (Å²) in [6.45, 7) is 48.9. The zero-order valence-electron chi connectivity index (χ0n) is 86.1. The van der Waals surface area contributed by atoms with E-state index < -0.39 is 127 Å². The highest BCUT2D eigenvalue weighted by Crippen LogP contribution is 2.38. The number of aromatic nitrogens is 3. The molecule has 0 unspecified atom stereocenters. The van der Waals surface area contributed by atoms with Crippen molar-refractivity contribution in [2.75, 3.05) is 117 Å². The maximum Gasteiger partial charge on any atom is 0.540 e. The molecule has 1 aliphatic heterocycles. The van der Waals surface area contributed by atoms with Gasteiger partial charge < -0.3 is 109 Å². The summed E-state index contributed by atoms with van der Waals surface area (Å²) in [6.07, 6.45) is 16.5. The fraction of sp³-hybridized carbons (Fsp3) is 0.690. The molecule has 0 spiro atoms. The van der Waals surface area contributed by atoms with Gasteiger partial charge in [0, 0.05) is 156 Å². The van der Waals surface area contributed by atoms with E-state index in [4.69, 9.17) is 89.2 Å². The number of carbonyl (C=O) groups excluding carboxylic acids is 3. The van der Waals surface area contributed by atoms with Crippen molar-refractivity contribution in [2.45, 2.75) is 266 Å². The number of benzene rings is 2. The summed E-state index contributed by atoms with van der Waals surface area (Å²) in [5, 5.41) is 0. The van der Waals surface area contributed by atoms with Crippen LogP contribution in [0.25, 0.3) is 0 Å². The first-order valence-electron chi connectivity index (χ1n) is 47.3. The van der Waals surface area contributed by atoms with Crippen molar-refractivity contribution in [2.24, 2.45) is 5.41 Å². The van der Waals surface area contributed by atoms with E-state index in [-0.39, 0.29) is 48.9 Å². The summed E-state index contributed by atoms with van der Waals surface area (Å²) >= 11 is 0. The average molecular weight is 2020 g/mol. The monoisotopic (exact) mass is 2020 g/mol. The molecular weight excluding hydrogens is 1860 g/mol. The molecule has 46 heteroatoms. The number of esters is 3. The van der Waals surface area contributed by atoms with E-state index in [1.165, 1.54) is 19.1 Å². The summed E-state index contributed by atoms with van der Waals surface area (Å²) in [5.74, 6) is -2.48. The molecule has 1 saturated carbocycles. The first kappa shape index (κ1) is 114. The van der Waals surface area contributed by atoms with Crippen LogP contribution in [0.2, 0.25) is 35.3 Å². The minimum Gasteiger partial charge on any atom is -0.461 e. The normalized spacial score (nSPS) is 15.3. The van der Waals surface area contributed by atoms with Gasteiger partial charge in [-0.2, -0.15) is 0 Å². The number of hydrogen-bond acceptors (Lipinski definition) is 34. The highest BCUT2D eigenvalue weighted by Gasteiger charge is 2.54. The fourth-order valence-corrected chi connectivity index (χ4v) is 30.7. The second-order valence-corrected chi connectivity index (χ2v) is 50.8. The van der Waals surface area contributed by atoms with Gasteiger partial charge in [0.05, 0.1) is 39.9 Å². The van der Waals surface area contributed by atoms with Crippen LogP contribution in [-0.2, 0) is 134 Å². The lowest BCUT2D eigenvalue weighted by Gasteiger charge is -2.38. The molecule has 37 nitrogen and oxygen atoms in total. The van der Waals surface area contributed by atoms with Gasteiger partial charge in [-0.25, -0.2) is 44.9 Å². The van der Waals surface area contributed by atoms with E-state index in [1.807, 2.05) is 110 Å². The first-order valence-corrected chi connectivity index (χ1v) is 61.4. The number of allylic oxidation sites excluding steroid dienone is 6. The molecule has 6 rings (SSSR count). The van der Waals surface area contributed by atoms with Crippen LogP contribution < -0.4 is 17.1 Å². The Morgan fingerprint density at radius 2 is 0.738 bits per heavy atom. The van der Waals surface area contributed by atoms with Crippen LogP contribution in [0, 0.1) is 5.41 Å². The molecule has 6 N–H and O–H groups in total. The van der Waals surface area contributed by atoms with Crippen molar-refractivity contribution in [3.05, 3.63) is 142 Å². The molecule has 1 aromatic heterocycles. The molecule has 2 heterocycles. The molecule has 0 radical (unpaired) electrons. The topological polar surface area (TPSA) is 473 Å². The number of ether oxygens (including phenoxy) is 3. The van der Waals surface area contributed by atoms with Crippen molar-refractivity contribution in [3.63, 3.8) is 0 Å². The maximum atomic E-state index is 12.6. The fourth-order valence-electron chi connectivity index (χ4n) is 13.2. The van der Waals surface area contributed by atoms with Crippen molar-refractivity contribution in [1.82, 2.24) is 13.7 Å². The molecule has 2 aliphatic carbocycles. The largest absolute Gasteiger partial charge is 0.540 e. The second-order valence-electron chi connectivity index (χ2n) is 29.3. The van der Waals surface area contributed by atoms with E-state index in [2.05, 4.69) is 41.9 Å². The Balaban J connectivity index is 0.00000159. The minimum absolute atomic E-state index is 0.0185. The standard InChI is InChI=1S/C18H31N3O6Si.C16H30O7Si.C16H28O5SSi.C15H26O5SSi.C9H20O5Si.C5H12O3Si.C5H8O3Si/c1-6-12-19-16(22)20(13-7-2)18(24)21(17(19)23)14-11-15-28(25-8-3,26-9-4)27-10-5;1-7-19-24(20-8-2,21-9-3)12-10-11-16(6)13(17)22-15(4,5)23-14(16)18;1-4-19-23(20-5-2,21-6-3)15-11-10-14-22(17,18)16-12-8-7-9-13-16;1-4-18-22(19-5-2,20-6-3)14-10-13-21(16,17)15-11-8-7-9-12-15;1-5-12-15(13-6-2,14-7-3)8-11-9(4)10;2*6-9(7,8)5-3-1-2-4-5/h6-7H,1-2,8-15H2,3-5H3;7-12H2,1-6H3;7-9,12-13H,4-6,10-11,14-15H2,1-3H3;7-9,11-12H,4-6,10,13-14H2,1-3H3;5-8H2,1-4H3;5-8H,1-4H2;1-8H/i;;;;;2*6T,7T,8T. The molecule has 0 bridgehead atoms. The minimum atomic E-state index is -3.46. The summed E-state index contributed by atoms with van der Waals surface area (Å²) in [4.78, 5) is 99.1. The number of hydrogen-bond donors (Lipinski definition) is 6. The van der Waals surface area contributed by atoms with Gasteiger partial charge in [0.15, 0.2) is 39.9 Å². The summed E-state index contributed by atoms with van der Waals surface area (Å²) in [5.41, 5.74) is -3.73. The zero-order valence-corrected chi connectivity index (χ0v) is 88.7. The summed E-state index contributed by atoms with van der Waals surface area (Å²) in [6, 6.07) is 19.2. The first-order chi connectivity index (χ1) is 64.7. The molecule has 3 aromatic rings. The third-order valence-corrected chi connectivity index (χ3v) is 40.5. The SMILES string of the molecule is C=CCn1c(=O)n(CC=C)c(=O)n(CCC[Si](OCC)(OCC)OCC)c1=O.CCO[Si](CCCC1(C)C(=O)OC(C)(C)OC1=O)(OCC)OCC.CCO[Si](CCCCS(=O)(=O)c1ccccc1)(OCC)OCC.CCO[Si](CCCS(=O)(=O)c1ccccc1)(OCC)OCC.CCO[Si](COC(C)=O)(OCC)OCC.[3H]O[Si](O[3H])(O[3H])C1C=CC=C1.[3H]O[Si](O[3H])(O[3H])C1CCCC1. The Bertz CT molecular complexity index is 4110. The zero-order chi connectivity index (χ0) is 103. The van der Waals surface area contributed by atoms with Gasteiger partial charge in [-0.15, -0.1) is 13.2 Å². The van der Waals surface area contributed by atoms with Gasteiger partial charge in [0.2, 0.25) is 0 Å². The van der Waals surface area contributed by atoms with Crippen molar-refractivity contribution >= 4 is 99.2 Å². The van der Waals surface area contributed by atoms with Gasteiger partial charge >= 0.3 is 96.6 Å². The quantitative estimate of drug-likeness (QED) is 0.0101. The van der Waals surface area contributed by atoms with Crippen LogP contribution in [0.5, 0.6) is 0 Å². The molecule has 3 aliphatic rings. The van der Waals surface area contributed by atoms with Crippen molar-refractivity contribution < 1.29 is 141 Å². The van der Waals surface area contributed by atoms with Crippen LogP contribution in [0.4, 0.5) is 0 Å². The Morgan fingerprint density at radius 3 is 1.05 bits per heavy atom. The Hall–Kier alpha value is -5.20. The number of nitrogens with zero attached hydrogens (tertiary/aromatic N) is 3. The van der Waals surface area contributed by atoms with E-state index in [0.29, 0.717) is 172 Å². The van der Waals surface area contributed by atoms with E-state index >= 15 is 0 Å². The second kappa shape index (κ2) is 65.5. The average Bonchev–Trinajstić information content (AvgIpc) is 0.806. The van der Waals surface area contributed by atoms with Crippen molar-refractivity contribution in [1.29, 1.82) is 8.59 Å². The predicted molar refractivity (Wildman–Crippen MR) is 507 cm³/mol. The van der Waals surface area contributed by atoms with Gasteiger partial charge in [-0.1, -0.05) is 85.7 Å². The number of carbonyl (C=O) groups is 3. The van der Waals surface area contributed by atoms with E-state index in [0.717, 1.165) is 39.4 Å². The third kappa shape index (κ3) is 46.1. The Kier molecular flexibility index (Phi) is 57.2. The highest BCUT2D eigenvalue weighted by molar-refractivity contribution is 7.91. The molecule has 0 atom stereocenters. The molecule has 2 fully saturated rings. The van der Waals surface area contributed by atoms with Gasteiger partial charge in [0.1, 0.15) is 0 Å². The van der Waals surface area contributed by atoms with E-state index in [1.54, 1.807) is 99.7 Å². The lowest BCUT2D eigenvalue weighted by molar-refractivity contribution is -0.250. The molecule has 1 saturated heterocycles. The number of sulfone groups is 2. The molecule has 130 heavy (non-hydrogen) atoms. The smallest absolute Gasteiger partial charge is 0.461 e. The third-order valence-electron chi connectivity index (χ3n) is 18.8. The lowest BCUT2D eigenvalue weighted by atomic mass is 9.85. The van der Waals surface area contributed by atoms with Gasteiger partial charge in [-0.05, 0) is 186 Å². The molecule has 750 valence electrons. The Labute approximate surface area is 788 Å². The molecule has 0 amide bonds. The summed E-state index contributed by atoms with van der Waals surface area (Å²) < 4.78 is 193. The molecular formula is C84H155N3O34S2Si7. The van der Waals surface area contributed by atoms with Crippen molar-refractivity contribution in [3.8, 4) is 0 Å². The van der Waals surface area contributed by atoms with Crippen LogP contribution in [0.1, 0.15) is 196 Å².